The van der Waals surface area contributed by atoms with E-state index in [-0.39, 0.29) is 10.8 Å². The molecule has 1 aliphatic carbocycles. The molecule has 2 aromatic rings. The Morgan fingerprint density at radius 1 is 0.923 bits per heavy atom. The summed E-state index contributed by atoms with van der Waals surface area (Å²) in [6.07, 6.45) is 6.25. The summed E-state index contributed by atoms with van der Waals surface area (Å²) in [5, 5.41) is 3.39. The van der Waals surface area contributed by atoms with Crippen LogP contribution < -0.4 is 10.2 Å². The molecule has 1 aromatic heterocycles. The summed E-state index contributed by atoms with van der Waals surface area (Å²) in [5.41, 5.74) is 5.58. The minimum Gasteiger partial charge on any atom is -0.353 e. The molecule has 4 nitrogen and oxygen atoms in total. The highest BCUT2D eigenvalue weighted by molar-refractivity contribution is 5.64. The molecule has 0 radical (unpaired) electrons. The fourth-order valence-corrected chi connectivity index (χ4v) is 4.29. The lowest BCUT2D eigenvalue weighted by Gasteiger charge is -2.42. The van der Waals surface area contributed by atoms with Crippen molar-refractivity contribution in [2.45, 2.75) is 51.4 Å². The SMILES string of the molecule is CC1(C)CCC(C)(C)c2cc(-c3cncc(N4CCNCC4)n3)ccc21. The third-order valence-electron chi connectivity index (χ3n) is 6.21. The predicted molar refractivity (Wildman–Crippen MR) is 108 cm³/mol. The molecular formula is C22H30N4. The quantitative estimate of drug-likeness (QED) is 0.892. The average molecular weight is 351 g/mol. The number of nitrogens with zero attached hydrogens (tertiary/aromatic N) is 3. The van der Waals surface area contributed by atoms with E-state index in [2.05, 4.69) is 61.1 Å². The first kappa shape index (κ1) is 17.5. The lowest BCUT2D eigenvalue weighted by molar-refractivity contribution is 0.332. The van der Waals surface area contributed by atoms with Crippen LogP contribution in [0.25, 0.3) is 11.3 Å². The third-order valence-corrected chi connectivity index (χ3v) is 6.21. The van der Waals surface area contributed by atoms with Crippen molar-refractivity contribution in [1.29, 1.82) is 0 Å². The van der Waals surface area contributed by atoms with Gasteiger partial charge in [-0.05, 0) is 40.9 Å². The van der Waals surface area contributed by atoms with Crippen LogP contribution in [0.5, 0.6) is 0 Å². The number of hydrogen-bond acceptors (Lipinski definition) is 4. The Kier molecular flexibility index (Phi) is 4.26. The van der Waals surface area contributed by atoms with E-state index in [0.29, 0.717) is 0 Å². The van der Waals surface area contributed by atoms with Crippen LogP contribution in [-0.2, 0) is 10.8 Å². The Labute approximate surface area is 157 Å². The third kappa shape index (κ3) is 3.11. The Bertz CT molecular complexity index is 804. The van der Waals surface area contributed by atoms with Crippen LogP contribution in [0, 0.1) is 0 Å². The van der Waals surface area contributed by atoms with Crippen molar-refractivity contribution in [1.82, 2.24) is 15.3 Å². The molecule has 2 heterocycles. The summed E-state index contributed by atoms with van der Waals surface area (Å²) in [7, 11) is 0. The minimum absolute atomic E-state index is 0.213. The second kappa shape index (κ2) is 6.34. The van der Waals surface area contributed by atoms with Crippen molar-refractivity contribution >= 4 is 5.82 Å². The monoisotopic (exact) mass is 350 g/mol. The number of hydrogen-bond donors (Lipinski definition) is 1. The zero-order chi connectivity index (χ0) is 18.4. The molecule has 1 aromatic carbocycles. The fourth-order valence-electron chi connectivity index (χ4n) is 4.29. The Morgan fingerprint density at radius 2 is 1.62 bits per heavy atom. The maximum atomic E-state index is 4.94. The summed E-state index contributed by atoms with van der Waals surface area (Å²) in [6.45, 7) is 13.5. The van der Waals surface area contributed by atoms with E-state index in [1.54, 1.807) is 0 Å². The standard InChI is InChI=1S/C22H30N4/c1-21(2)7-8-22(3,4)18-13-16(5-6-17(18)21)19-14-24-15-20(25-19)26-11-9-23-10-12-26/h5-6,13-15,23H,7-12H2,1-4H3. The van der Waals surface area contributed by atoms with Gasteiger partial charge in [-0.25, -0.2) is 4.98 Å². The number of nitrogens with one attached hydrogen (secondary N) is 1. The van der Waals surface area contributed by atoms with Crippen LogP contribution in [0.1, 0.15) is 51.7 Å². The highest BCUT2D eigenvalue weighted by Crippen LogP contribution is 2.46. The van der Waals surface area contributed by atoms with Gasteiger partial charge in [0.05, 0.1) is 18.1 Å². The van der Waals surface area contributed by atoms with Gasteiger partial charge in [0, 0.05) is 31.7 Å². The van der Waals surface area contributed by atoms with Gasteiger partial charge in [-0.3, -0.25) is 4.98 Å². The molecule has 1 fully saturated rings. The van der Waals surface area contributed by atoms with Crippen LogP contribution in [0.4, 0.5) is 5.82 Å². The van der Waals surface area contributed by atoms with Crippen LogP contribution in [0.15, 0.2) is 30.6 Å². The summed E-state index contributed by atoms with van der Waals surface area (Å²) >= 11 is 0. The molecule has 1 N–H and O–H groups in total. The second-order valence-corrected chi connectivity index (χ2v) is 9.03. The molecule has 0 amide bonds. The first-order valence-electron chi connectivity index (χ1n) is 9.80. The van der Waals surface area contributed by atoms with Gasteiger partial charge in [0.2, 0.25) is 0 Å². The molecule has 26 heavy (non-hydrogen) atoms. The van der Waals surface area contributed by atoms with Crippen LogP contribution in [0.2, 0.25) is 0 Å². The van der Waals surface area contributed by atoms with Gasteiger partial charge in [-0.1, -0.05) is 39.8 Å². The normalized spacial score (nSPS) is 21.3. The van der Waals surface area contributed by atoms with Crippen molar-refractivity contribution in [2.75, 3.05) is 31.1 Å². The van der Waals surface area contributed by atoms with Crippen molar-refractivity contribution in [3.05, 3.63) is 41.7 Å². The van der Waals surface area contributed by atoms with Gasteiger partial charge >= 0.3 is 0 Å². The van der Waals surface area contributed by atoms with Gasteiger partial charge in [0.1, 0.15) is 5.82 Å². The lowest BCUT2D eigenvalue weighted by Crippen LogP contribution is -2.43. The predicted octanol–water partition coefficient (Wildman–Crippen LogP) is 3.90. The number of benzene rings is 1. The van der Waals surface area contributed by atoms with E-state index in [1.807, 2.05) is 12.4 Å². The van der Waals surface area contributed by atoms with Crippen molar-refractivity contribution < 1.29 is 0 Å². The molecule has 4 rings (SSSR count). The van der Waals surface area contributed by atoms with E-state index >= 15 is 0 Å². The summed E-state index contributed by atoms with van der Waals surface area (Å²) in [6, 6.07) is 6.92. The minimum atomic E-state index is 0.213. The van der Waals surface area contributed by atoms with Gasteiger partial charge < -0.3 is 10.2 Å². The van der Waals surface area contributed by atoms with E-state index < -0.39 is 0 Å². The molecule has 0 spiro atoms. The maximum Gasteiger partial charge on any atom is 0.147 e. The Morgan fingerprint density at radius 3 is 2.35 bits per heavy atom. The smallest absolute Gasteiger partial charge is 0.147 e. The van der Waals surface area contributed by atoms with E-state index in [1.165, 1.54) is 29.5 Å². The number of aromatic nitrogens is 2. The Balaban J connectivity index is 1.73. The molecule has 0 unspecified atom stereocenters. The zero-order valence-electron chi connectivity index (χ0n) is 16.5. The van der Waals surface area contributed by atoms with E-state index in [4.69, 9.17) is 4.98 Å². The number of rotatable bonds is 2. The first-order valence-corrected chi connectivity index (χ1v) is 9.80. The van der Waals surface area contributed by atoms with Gasteiger partial charge in [-0.15, -0.1) is 0 Å². The topological polar surface area (TPSA) is 41.1 Å². The summed E-state index contributed by atoms with van der Waals surface area (Å²) < 4.78 is 0. The van der Waals surface area contributed by atoms with Crippen molar-refractivity contribution in [3.63, 3.8) is 0 Å². The average Bonchev–Trinajstić information content (AvgIpc) is 2.66. The fraction of sp³-hybridized carbons (Fsp3) is 0.545. The summed E-state index contributed by atoms with van der Waals surface area (Å²) in [4.78, 5) is 11.7. The largest absolute Gasteiger partial charge is 0.353 e. The van der Waals surface area contributed by atoms with Crippen molar-refractivity contribution in [3.8, 4) is 11.3 Å². The molecule has 1 saturated heterocycles. The van der Waals surface area contributed by atoms with Crippen LogP contribution >= 0.6 is 0 Å². The van der Waals surface area contributed by atoms with Gasteiger partial charge in [0.15, 0.2) is 0 Å². The Hall–Kier alpha value is -1.94. The van der Waals surface area contributed by atoms with Gasteiger partial charge in [0.25, 0.3) is 0 Å². The zero-order valence-corrected chi connectivity index (χ0v) is 16.5. The summed E-state index contributed by atoms with van der Waals surface area (Å²) in [5.74, 6) is 0.987. The van der Waals surface area contributed by atoms with Gasteiger partial charge in [-0.2, -0.15) is 0 Å². The molecule has 1 aliphatic heterocycles. The maximum absolute atomic E-state index is 4.94. The molecule has 0 bridgehead atoms. The second-order valence-electron chi connectivity index (χ2n) is 9.03. The number of piperazine rings is 1. The molecular weight excluding hydrogens is 320 g/mol. The number of anilines is 1. The molecule has 138 valence electrons. The van der Waals surface area contributed by atoms with E-state index in [9.17, 15) is 0 Å². The highest BCUT2D eigenvalue weighted by Gasteiger charge is 2.37. The van der Waals surface area contributed by atoms with Crippen LogP contribution in [-0.4, -0.2) is 36.1 Å². The molecule has 2 aliphatic rings. The number of fused-ring (bicyclic) bond motifs is 1. The highest BCUT2D eigenvalue weighted by atomic mass is 15.2. The van der Waals surface area contributed by atoms with E-state index in [0.717, 1.165) is 37.7 Å². The van der Waals surface area contributed by atoms with Crippen LogP contribution in [0.3, 0.4) is 0 Å². The van der Waals surface area contributed by atoms with Crippen molar-refractivity contribution in [2.24, 2.45) is 0 Å². The molecule has 0 atom stereocenters. The molecule has 4 heteroatoms. The lowest BCUT2D eigenvalue weighted by atomic mass is 9.63. The molecule has 0 saturated carbocycles. The first-order chi connectivity index (χ1) is 12.4.